The number of Topliss-reactive ketones (excluding diaryl/α,β-unsaturated/α-hetero) is 1. The topological polar surface area (TPSA) is 29.1 Å². The van der Waals surface area contributed by atoms with Crippen molar-refractivity contribution >= 4 is 5.78 Å². The minimum absolute atomic E-state index is 0.258. The van der Waals surface area contributed by atoms with E-state index in [-0.39, 0.29) is 5.92 Å². The smallest absolute Gasteiger partial charge is 0.163 e. The number of hydrogen-bond acceptors (Lipinski definition) is 2. The summed E-state index contributed by atoms with van der Waals surface area (Å²) in [7, 11) is 0. The van der Waals surface area contributed by atoms with Crippen molar-refractivity contribution in [1.82, 2.24) is 5.32 Å². The number of rotatable bonds is 3. The van der Waals surface area contributed by atoms with Gasteiger partial charge in [-0.25, -0.2) is 0 Å². The van der Waals surface area contributed by atoms with Crippen LogP contribution in [0.3, 0.4) is 0 Å². The van der Waals surface area contributed by atoms with E-state index >= 15 is 0 Å². The second kappa shape index (κ2) is 5.18. The lowest BCUT2D eigenvalue weighted by Gasteiger charge is -2.25. The molecule has 1 fully saturated rings. The molecule has 0 aliphatic heterocycles. The first kappa shape index (κ1) is 11.3. The van der Waals surface area contributed by atoms with Gasteiger partial charge in [0.1, 0.15) is 0 Å². The molecule has 2 heteroatoms. The minimum atomic E-state index is 0.258. The van der Waals surface area contributed by atoms with Gasteiger partial charge >= 0.3 is 0 Å². The van der Waals surface area contributed by atoms with Crippen LogP contribution in [0.4, 0.5) is 0 Å². The number of hydrogen-bond donors (Lipinski definition) is 1. The fraction of sp³-hybridized carbons (Fsp3) is 0.750. The Bertz CT molecular complexity index is 230. The van der Waals surface area contributed by atoms with Crippen molar-refractivity contribution in [3.8, 4) is 0 Å². The van der Waals surface area contributed by atoms with Gasteiger partial charge in [-0.05, 0) is 32.1 Å². The first-order valence-electron chi connectivity index (χ1n) is 5.63. The maximum absolute atomic E-state index is 12.0. The maximum Gasteiger partial charge on any atom is 0.163 e. The molecule has 80 valence electrons. The molecule has 14 heavy (non-hydrogen) atoms. The van der Waals surface area contributed by atoms with E-state index in [0.717, 1.165) is 31.4 Å². The summed E-state index contributed by atoms with van der Waals surface area (Å²) in [4.78, 5) is 12.0. The Kier molecular flexibility index (Phi) is 4.18. The molecule has 1 atom stereocenters. The summed E-state index contributed by atoms with van der Waals surface area (Å²) in [5, 5.41) is 3.12. The first-order chi connectivity index (χ1) is 6.66. The second-order valence-electron chi connectivity index (χ2n) is 4.33. The Morgan fingerprint density at radius 3 is 2.86 bits per heavy atom. The lowest BCUT2D eigenvalue weighted by Crippen LogP contribution is -2.27. The van der Waals surface area contributed by atoms with Crippen LogP contribution in [-0.4, -0.2) is 12.3 Å². The molecule has 1 saturated carbocycles. The van der Waals surface area contributed by atoms with Crippen molar-refractivity contribution in [3.05, 3.63) is 11.8 Å². The van der Waals surface area contributed by atoms with Gasteiger partial charge in [-0.3, -0.25) is 4.79 Å². The zero-order valence-corrected chi connectivity index (χ0v) is 9.47. The highest BCUT2D eigenvalue weighted by Crippen LogP contribution is 2.29. The molecule has 1 rings (SSSR count). The van der Waals surface area contributed by atoms with Crippen molar-refractivity contribution in [1.29, 1.82) is 0 Å². The number of allylic oxidation sites excluding steroid dienone is 1. The van der Waals surface area contributed by atoms with Gasteiger partial charge in [0, 0.05) is 24.2 Å². The normalized spacial score (nSPS) is 25.9. The molecule has 2 nitrogen and oxygen atoms in total. The Balaban J connectivity index is 2.66. The van der Waals surface area contributed by atoms with Crippen LogP contribution in [0, 0.1) is 11.8 Å². The summed E-state index contributed by atoms with van der Waals surface area (Å²) in [6.07, 6.45) is 5.09. The molecule has 0 spiro atoms. The fourth-order valence-electron chi connectivity index (χ4n) is 2.01. The summed E-state index contributed by atoms with van der Waals surface area (Å²) in [6, 6.07) is 0. The fourth-order valence-corrected chi connectivity index (χ4v) is 2.01. The molecule has 0 aromatic heterocycles. The van der Waals surface area contributed by atoms with Gasteiger partial charge < -0.3 is 5.32 Å². The van der Waals surface area contributed by atoms with Crippen LogP contribution in [-0.2, 0) is 4.79 Å². The molecule has 0 amide bonds. The molecule has 0 unspecified atom stereocenters. The minimum Gasteiger partial charge on any atom is -0.391 e. The Morgan fingerprint density at radius 1 is 1.57 bits per heavy atom. The average molecular weight is 195 g/mol. The summed E-state index contributed by atoms with van der Waals surface area (Å²) in [6.45, 7) is 7.21. The van der Waals surface area contributed by atoms with E-state index in [4.69, 9.17) is 0 Å². The van der Waals surface area contributed by atoms with E-state index in [0.29, 0.717) is 11.7 Å². The van der Waals surface area contributed by atoms with Gasteiger partial charge in [0.05, 0.1) is 0 Å². The molecular weight excluding hydrogens is 174 g/mol. The van der Waals surface area contributed by atoms with E-state index in [1.807, 2.05) is 13.1 Å². The molecule has 0 saturated heterocycles. The van der Waals surface area contributed by atoms with E-state index in [1.165, 1.54) is 0 Å². The molecule has 0 bridgehead atoms. The van der Waals surface area contributed by atoms with Gasteiger partial charge in [0.15, 0.2) is 5.78 Å². The Hall–Kier alpha value is -0.790. The molecule has 0 aromatic carbocycles. The predicted octanol–water partition coefficient (Wildman–Crippen LogP) is 2.51. The molecular formula is C12H21NO. The SMILES string of the molecule is CCN/C=C1/CCC[C@@H](C(C)C)C1=O. The summed E-state index contributed by atoms with van der Waals surface area (Å²) in [5.74, 6) is 1.11. The Labute approximate surface area is 86.8 Å². The molecule has 1 aliphatic rings. The zero-order valence-electron chi connectivity index (χ0n) is 9.47. The third-order valence-corrected chi connectivity index (χ3v) is 2.90. The summed E-state index contributed by atoms with van der Waals surface area (Å²) < 4.78 is 0. The number of ketones is 1. The van der Waals surface area contributed by atoms with Crippen molar-refractivity contribution in [3.63, 3.8) is 0 Å². The summed E-state index contributed by atoms with van der Waals surface area (Å²) >= 11 is 0. The van der Waals surface area contributed by atoms with Crippen LogP contribution in [0.25, 0.3) is 0 Å². The van der Waals surface area contributed by atoms with Crippen molar-refractivity contribution in [2.24, 2.45) is 11.8 Å². The maximum atomic E-state index is 12.0. The van der Waals surface area contributed by atoms with E-state index in [9.17, 15) is 4.79 Å². The molecule has 0 radical (unpaired) electrons. The molecule has 1 aliphatic carbocycles. The number of nitrogens with one attached hydrogen (secondary N) is 1. The first-order valence-corrected chi connectivity index (χ1v) is 5.63. The van der Waals surface area contributed by atoms with E-state index < -0.39 is 0 Å². The van der Waals surface area contributed by atoms with Crippen molar-refractivity contribution in [2.75, 3.05) is 6.54 Å². The van der Waals surface area contributed by atoms with Crippen molar-refractivity contribution < 1.29 is 4.79 Å². The van der Waals surface area contributed by atoms with Gasteiger partial charge in [-0.1, -0.05) is 13.8 Å². The Morgan fingerprint density at radius 2 is 2.29 bits per heavy atom. The van der Waals surface area contributed by atoms with Gasteiger partial charge in [-0.2, -0.15) is 0 Å². The number of carbonyl (C=O) groups excluding carboxylic acids is 1. The van der Waals surface area contributed by atoms with Crippen LogP contribution in [0.1, 0.15) is 40.0 Å². The highest BCUT2D eigenvalue weighted by atomic mass is 16.1. The van der Waals surface area contributed by atoms with Crippen LogP contribution < -0.4 is 5.32 Å². The average Bonchev–Trinajstić information content (AvgIpc) is 2.16. The third-order valence-electron chi connectivity index (χ3n) is 2.90. The van der Waals surface area contributed by atoms with Crippen molar-refractivity contribution in [2.45, 2.75) is 40.0 Å². The van der Waals surface area contributed by atoms with Gasteiger partial charge in [-0.15, -0.1) is 0 Å². The highest BCUT2D eigenvalue weighted by Gasteiger charge is 2.28. The van der Waals surface area contributed by atoms with Crippen LogP contribution >= 0.6 is 0 Å². The quantitative estimate of drug-likeness (QED) is 0.701. The largest absolute Gasteiger partial charge is 0.391 e. The van der Waals surface area contributed by atoms with Crippen LogP contribution in [0.15, 0.2) is 11.8 Å². The second-order valence-corrected chi connectivity index (χ2v) is 4.33. The monoisotopic (exact) mass is 195 g/mol. The lowest BCUT2D eigenvalue weighted by atomic mass is 9.78. The van der Waals surface area contributed by atoms with Gasteiger partial charge in [0.25, 0.3) is 0 Å². The van der Waals surface area contributed by atoms with Gasteiger partial charge in [0.2, 0.25) is 0 Å². The zero-order chi connectivity index (χ0) is 10.6. The summed E-state index contributed by atoms with van der Waals surface area (Å²) in [5.41, 5.74) is 0.997. The van der Waals surface area contributed by atoms with E-state index in [2.05, 4.69) is 19.2 Å². The number of carbonyl (C=O) groups is 1. The molecule has 1 N–H and O–H groups in total. The van der Waals surface area contributed by atoms with Crippen LogP contribution in [0.5, 0.6) is 0 Å². The molecule has 0 aromatic rings. The predicted molar refractivity (Wildman–Crippen MR) is 58.9 cm³/mol. The molecule has 0 heterocycles. The standard InChI is InChI=1S/C12H21NO/c1-4-13-8-10-6-5-7-11(9(2)3)12(10)14/h8-9,11,13H,4-7H2,1-3H3/b10-8-/t11-/m0/s1. The highest BCUT2D eigenvalue weighted by molar-refractivity contribution is 5.97. The lowest BCUT2D eigenvalue weighted by molar-refractivity contribution is -0.121. The third kappa shape index (κ3) is 2.60. The van der Waals surface area contributed by atoms with E-state index in [1.54, 1.807) is 0 Å². The van der Waals surface area contributed by atoms with Crippen LogP contribution in [0.2, 0.25) is 0 Å².